The average molecular weight is 349 g/mol. The molecule has 2 N–H and O–H groups in total. The summed E-state index contributed by atoms with van der Waals surface area (Å²) >= 11 is 0. The minimum atomic E-state index is -5.71. The first-order valence-corrected chi connectivity index (χ1v) is 6.75. The molecule has 0 spiro atoms. The molecule has 2 aromatic rings. The van der Waals surface area contributed by atoms with E-state index in [1.165, 1.54) is 24.3 Å². The monoisotopic (exact) mass is 349 g/mol. The molecular weight excluding hydrogens is 336 g/mol. The van der Waals surface area contributed by atoms with Crippen LogP contribution in [0.25, 0.3) is 0 Å². The summed E-state index contributed by atoms with van der Waals surface area (Å²) in [5, 5.41) is 0. The molecule has 0 amide bonds. The lowest BCUT2D eigenvalue weighted by molar-refractivity contribution is -0.392. The summed E-state index contributed by atoms with van der Waals surface area (Å²) in [7, 11) is 0. The molecule has 8 heteroatoms. The van der Waals surface area contributed by atoms with Gasteiger partial charge in [-0.15, -0.1) is 0 Å². The van der Waals surface area contributed by atoms with Crippen LogP contribution in [0, 0.1) is 0 Å². The molecule has 0 aliphatic carbocycles. The van der Waals surface area contributed by atoms with Gasteiger partial charge in [0.25, 0.3) is 5.60 Å². The van der Waals surface area contributed by atoms with Gasteiger partial charge in [-0.1, -0.05) is 42.5 Å². The molecule has 0 saturated carbocycles. The lowest BCUT2D eigenvalue weighted by atomic mass is 9.91. The fourth-order valence-electron chi connectivity index (χ4n) is 2.22. The molecule has 0 unspecified atom stereocenters. The van der Waals surface area contributed by atoms with E-state index in [0.29, 0.717) is 12.1 Å². The Morgan fingerprint density at radius 2 is 1.25 bits per heavy atom. The zero-order valence-electron chi connectivity index (χ0n) is 12.2. The van der Waals surface area contributed by atoms with Gasteiger partial charge < -0.3 is 10.5 Å². The summed E-state index contributed by atoms with van der Waals surface area (Å²) in [6, 6.07) is 10.6. The summed E-state index contributed by atoms with van der Waals surface area (Å²) < 4.78 is 85.4. The predicted molar refractivity (Wildman–Crippen MR) is 75.9 cm³/mol. The predicted octanol–water partition coefficient (Wildman–Crippen LogP) is 4.81. The largest absolute Gasteiger partial charge is 0.430 e. The molecule has 2 nitrogen and oxygen atoms in total. The highest BCUT2D eigenvalue weighted by Gasteiger charge is 2.73. The van der Waals surface area contributed by atoms with Gasteiger partial charge in [0.1, 0.15) is 0 Å². The van der Waals surface area contributed by atoms with Crippen molar-refractivity contribution in [3.8, 4) is 0 Å². The third-order valence-corrected chi connectivity index (χ3v) is 3.41. The number of rotatable bonds is 4. The summed E-state index contributed by atoms with van der Waals surface area (Å²) in [6.07, 6.45) is -11.4. The molecule has 2 aromatic carbocycles. The Labute approximate surface area is 133 Å². The Bertz CT molecular complexity index is 650. The maximum absolute atomic E-state index is 13.5. The molecule has 0 aliphatic rings. The van der Waals surface area contributed by atoms with Crippen molar-refractivity contribution in [3.63, 3.8) is 0 Å². The molecule has 0 aromatic heterocycles. The zero-order valence-corrected chi connectivity index (χ0v) is 12.2. The SMILES string of the molecule is Nc1ccc(C(OCc2ccccc2)(C(F)(F)F)C(F)(F)F)cc1. The molecule has 0 bridgehead atoms. The third kappa shape index (κ3) is 3.33. The molecule has 0 fully saturated rings. The van der Waals surface area contributed by atoms with Gasteiger partial charge in [0.05, 0.1) is 6.61 Å². The molecular formula is C16H13F6NO. The highest BCUT2D eigenvalue weighted by Crippen LogP contribution is 2.53. The van der Waals surface area contributed by atoms with Crippen LogP contribution in [0.5, 0.6) is 0 Å². The molecule has 130 valence electrons. The number of nitrogens with two attached hydrogens (primary N) is 1. The van der Waals surface area contributed by atoms with Gasteiger partial charge in [-0.2, -0.15) is 26.3 Å². The number of nitrogen functional groups attached to an aromatic ring is 1. The first-order chi connectivity index (χ1) is 11.1. The molecule has 2 rings (SSSR count). The van der Waals surface area contributed by atoms with Crippen LogP contribution in [-0.2, 0) is 16.9 Å². The van der Waals surface area contributed by atoms with Crippen molar-refractivity contribution in [2.75, 3.05) is 5.73 Å². The van der Waals surface area contributed by atoms with E-state index in [9.17, 15) is 26.3 Å². The highest BCUT2D eigenvalue weighted by atomic mass is 19.4. The van der Waals surface area contributed by atoms with Crippen molar-refractivity contribution < 1.29 is 31.1 Å². The van der Waals surface area contributed by atoms with Crippen molar-refractivity contribution in [2.45, 2.75) is 24.6 Å². The Kier molecular flexibility index (Phi) is 4.80. The second-order valence-corrected chi connectivity index (χ2v) is 5.07. The van der Waals surface area contributed by atoms with Gasteiger partial charge >= 0.3 is 12.4 Å². The Morgan fingerprint density at radius 1 is 0.750 bits per heavy atom. The van der Waals surface area contributed by atoms with E-state index in [-0.39, 0.29) is 11.3 Å². The van der Waals surface area contributed by atoms with Gasteiger partial charge in [0.2, 0.25) is 0 Å². The molecule has 0 radical (unpaired) electrons. The molecule has 0 heterocycles. The summed E-state index contributed by atoms with van der Waals surface area (Å²) in [6.45, 7) is -0.857. The number of hydrogen-bond donors (Lipinski definition) is 1. The number of hydrogen-bond acceptors (Lipinski definition) is 2. The number of halogens is 6. The van der Waals surface area contributed by atoms with Gasteiger partial charge in [-0.3, -0.25) is 0 Å². The minimum Gasteiger partial charge on any atom is -0.399 e. The van der Waals surface area contributed by atoms with E-state index < -0.39 is 30.1 Å². The lowest BCUT2D eigenvalue weighted by Crippen LogP contribution is -2.55. The second-order valence-electron chi connectivity index (χ2n) is 5.07. The maximum Gasteiger partial charge on any atom is 0.430 e. The number of benzene rings is 2. The fourth-order valence-corrected chi connectivity index (χ4v) is 2.22. The van der Waals surface area contributed by atoms with Gasteiger partial charge in [-0.25, -0.2) is 0 Å². The van der Waals surface area contributed by atoms with Crippen LogP contribution in [0.15, 0.2) is 54.6 Å². The van der Waals surface area contributed by atoms with Crippen LogP contribution >= 0.6 is 0 Å². The van der Waals surface area contributed by atoms with E-state index in [4.69, 9.17) is 5.73 Å². The topological polar surface area (TPSA) is 35.2 Å². The van der Waals surface area contributed by atoms with Crippen molar-refractivity contribution in [2.24, 2.45) is 0 Å². The van der Waals surface area contributed by atoms with Crippen LogP contribution in [0.2, 0.25) is 0 Å². The minimum absolute atomic E-state index is 0.0417. The lowest BCUT2D eigenvalue weighted by Gasteiger charge is -2.37. The molecule has 0 atom stereocenters. The van der Waals surface area contributed by atoms with Crippen molar-refractivity contribution in [1.29, 1.82) is 0 Å². The zero-order chi connectivity index (χ0) is 18.0. The number of alkyl halides is 6. The normalized spacial score (nSPS) is 13.1. The average Bonchev–Trinajstić information content (AvgIpc) is 2.48. The van der Waals surface area contributed by atoms with Crippen LogP contribution in [0.4, 0.5) is 32.0 Å². The van der Waals surface area contributed by atoms with Crippen LogP contribution in [0.3, 0.4) is 0 Å². The third-order valence-electron chi connectivity index (χ3n) is 3.41. The first kappa shape index (κ1) is 18.1. The van der Waals surface area contributed by atoms with Crippen molar-refractivity contribution >= 4 is 5.69 Å². The smallest absolute Gasteiger partial charge is 0.399 e. The standard InChI is InChI=1S/C16H13F6NO/c17-15(18,19)14(16(20,21)22,12-6-8-13(23)9-7-12)24-10-11-4-2-1-3-5-11/h1-9H,10,23H2. The summed E-state index contributed by atoms with van der Waals surface area (Å²) in [4.78, 5) is 0. The van der Waals surface area contributed by atoms with Crippen molar-refractivity contribution in [1.82, 2.24) is 0 Å². The van der Waals surface area contributed by atoms with Crippen molar-refractivity contribution in [3.05, 3.63) is 65.7 Å². The number of ether oxygens (including phenoxy) is 1. The van der Waals surface area contributed by atoms with E-state index in [1.807, 2.05) is 0 Å². The highest BCUT2D eigenvalue weighted by molar-refractivity contribution is 5.42. The Hall–Kier alpha value is -2.22. The van der Waals surface area contributed by atoms with E-state index in [0.717, 1.165) is 12.1 Å². The van der Waals surface area contributed by atoms with Crippen LogP contribution in [-0.4, -0.2) is 12.4 Å². The summed E-state index contributed by atoms with van der Waals surface area (Å²) in [5.41, 5.74) is 0.0602. The van der Waals surface area contributed by atoms with E-state index in [1.54, 1.807) is 6.07 Å². The fraction of sp³-hybridized carbons (Fsp3) is 0.250. The molecule has 24 heavy (non-hydrogen) atoms. The number of anilines is 1. The molecule has 0 saturated heterocycles. The van der Waals surface area contributed by atoms with Gasteiger partial charge in [0, 0.05) is 11.3 Å². The molecule has 0 aliphatic heterocycles. The van der Waals surface area contributed by atoms with Gasteiger partial charge in [0.15, 0.2) is 0 Å². The van der Waals surface area contributed by atoms with E-state index in [2.05, 4.69) is 4.74 Å². The first-order valence-electron chi connectivity index (χ1n) is 6.75. The summed E-state index contributed by atoms with van der Waals surface area (Å²) in [5.74, 6) is 0. The second kappa shape index (κ2) is 6.35. The van der Waals surface area contributed by atoms with E-state index >= 15 is 0 Å². The quantitative estimate of drug-likeness (QED) is 0.635. The Morgan fingerprint density at radius 3 is 1.71 bits per heavy atom. The maximum atomic E-state index is 13.5. The Balaban J connectivity index is 2.52. The van der Waals surface area contributed by atoms with Gasteiger partial charge in [-0.05, 0) is 17.7 Å². The van der Waals surface area contributed by atoms with Crippen LogP contribution in [0.1, 0.15) is 11.1 Å². The van der Waals surface area contributed by atoms with Crippen LogP contribution < -0.4 is 5.73 Å².